The van der Waals surface area contributed by atoms with Gasteiger partial charge in [-0.1, -0.05) is 30.3 Å². The van der Waals surface area contributed by atoms with E-state index < -0.39 is 0 Å². The predicted molar refractivity (Wildman–Crippen MR) is 84.2 cm³/mol. The Balaban J connectivity index is 1.81. The van der Waals surface area contributed by atoms with Gasteiger partial charge in [0.15, 0.2) is 0 Å². The van der Waals surface area contributed by atoms with Crippen molar-refractivity contribution in [2.45, 2.75) is 6.92 Å². The highest BCUT2D eigenvalue weighted by molar-refractivity contribution is 5.81. The molecule has 3 rings (SSSR count). The van der Waals surface area contributed by atoms with Crippen LogP contribution in [0.3, 0.4) is 0 Å². The summed E-state index contributed by atoms with van der Waals surface area (Å²) in [7, 11) is 0. The minimum atomic E-state index is 0.984. The lowest BCUT2D eigenvalue weighted by atomic mass is 10.2. The molecule has 1 heterocycles. The van der Waals surface area contributed by atoms with Crippen molar-refractivity contribution in [3.05, 3.63) is 84.2 Å². The first-order chi connectivity index (χ1) is 9.81. The number of aryl methyl sites for hydroxylation is 1. The van der Waals surface area contributed by atoms with E-state index in [1.165, 1.54) is 5.56 Å². The van der Waals surface area contributed by atoms with Gasteiger partial charge < -0.3 is 4.57 Å². The highest BCUT2D eigenvalue weighted by Crippen LogP contribution is 2.14. The summed E-state index contributed by atoms with van der Waals surface area (Å²) >= 11 is 0. The van der Waals surface area contributed by atoms with Gasteiger partial charge in [0.1, 0.15) is 0 Å². The number of hydrogen-bond donors (Lipinski definition) is 0. The largest absolute Gasteiger partial charge is 0.323 e. The normalized spacial score (nSPS) is 11.1. The summed E-state index contributed by atoms with van der Waals surface area (Å²) in [5, 5.41) is 0. The zero-order chi connectivity index (χ0) is 13.8. The molecule has 0 spiro atoms. The molecule has 0 fully saturated rings. The molecule has 2 heteroatoms. The van der Waals surface area contributed by atoms with Crippen LogP contribution in [0, 0.1) is 6.92 Å². The van der Waals surface area contributed by atoms with Crippen LogP contribution in [0.15, 0.2) is 78.0 Å². The molecule has 0 N–H and O–H groups in total. The second-order valence-corrected chi connectivity index (χ2v) is 4.78. The van der Waals surface area contributed by atoms with Crippen molar-refractivity contribution < 1.29 is 0 Å². The Morgan fingerprint density at radius 2 is 1.80 bits per heavy atom. The van der Waals surface area contributed by atoms with Gasteiger partial charge in [-0.05, 0) is 42.8 Å². The van der Waals surface area contributed by atoms with Gasteiger partial charge in [0, 0.05) is 29.9 Å². The maximum absolute atomic E-state index is 4.51. The average molecular weight is 260 g/mol. The molecule has 1 aromatic heterocycles. The molecule has 0 aliphatic carbocycles. The van der Waals surface area contributed by atoms with Gasteiger partial charge in [0.25, 0.3) is 0 Å². The first-order valence-electron chi connectivity index (χ1n) is 6.65. The average Bonchev–Trinajstić information content (AvgIpc) is 2.95. The van der Waals surface area contributed by atoms with Crippen molar-refractivity contribution in [1.82, 2.24) is 4.57 Å². The summed E-state index contributed by atoms with van der Waals surface area (Å²) in [6.45, 7) is 2.07. The molecule has 3 aromatic rings. The van der Waals surface area contributed by atoms with Crippen molar-refractivity contribution in [3.63, 3.8) is 0 Å². The van der Waals surface area contributed by atoms with Crippen molar-refractivity contribution in [2.75, 3.05) is 0 Å². The van der Waals surface area contributed by atoms with E-state index in [4.69, 9.17) is 0 Å². The molecular formula is C18H16N2. The molecule has 98 valence electrons. The van der Waals surface area contributed by atoms with Crippen LogP contribution >= 0.6 is 0 Å². The van der Waals surface area contributed by atoms with Gasteiger partial charge in [-0.2, -0.15) is 0 Å². The van der Waals surface area contributed by atoms with Gasteiger partial charge in [-0.3, -0.25) is 4.99 Å². The monoisotopic (exact) mass is 260 g/mol. The Labute approximate surface area is 119 Å². The summed E-state index contributed by atoms with van der Waals surface area (Å²) in [6, 6.07) is 20.5. The van der Waals surface area contributed by atoms with Crippen molar-refractivity contribution in [1.29, 1.82) is 0 Å². The molecule has 0 atom stereocenters. The number of aromatic nitrogens is 1. The molecule has 0 saturated heterocycles. The number of benzene rings is 2. The Morgan fingerprint density at radius 3 is 2.60 bits per heavy atom. The smallest absolute Gasteiger partial charge is 0.0632 e. The lowest BCUT2D eigenvalue weighted by molar-refractivity contribution is 1.08. The third-order valence-corrected chi connectivity index (χ3v) is 3.13. The van der Waals surface area contributed by atoms with Crippen LogP contribution in [-0.4, -0.2) is 10.8 Å². The highest BCUT2D eigenvalue weighted by Gasteiger charge is 1.96. The lowest BCUT2D eigenvalue weighted by Gasteiger charge is -2.00. The van der Waals surface area contributed by atoms with E-state index >= 15 is 0 Å². The molecule has 0 aliphatic rings. The van der Waals surface area contributed by atoms with E-state index in [-0.39, 0.29) is 0 Å². The predicted octanol–water partition coefficient (Wildman–Crippen LogP) is 4.54. The molecule has 20 heavy (non-hydrogen) atoms. The van der Waals surface area contributed by atoms with Crippen LogP contribution in [0.1, 0.15) is 11.1 Å². The summed E-state index contributed by atoms with van der Waals surface area (Å²) in [5.41, 5.74) is 4.46. The van der Waals surface area contributed by atoms with Gasteiger partial charge >= 0.3 is 0 Å². The molecule has 2 nitrogen and oxygen atoms in total. The van der Waals surface area contributed by atoms with E-state index in [0.29, 0.717) is 0 Å². The number of para-hydroxylation sites is 1. The fraction of sp³-hybridized carbons (Fsp3) is 0.0556. The van der Waals surface area contributed by atoms with E-state index in [1.54, 1.807) is 0 Å². The van der Waals surface area contributed by atoms with Crippen LogP contribution in [0.25, 0.3) is 5.69 Å². The first-order valence-corrected chi connectivity index (χ1v) is 6.65. The standard InChI is InChI=1S/C18H16N2/c1-15-6-5-7-17(12-15)19-13-16-10-11-20(14-16)18-8-3-2-4-9-18/h2-14H,1H3. The third-order valence-electron chi connectivity index (χ3n) is 3.13. The fourth-order valence-electron chi connectivity index (χ4n) is 2.11. The molecule has 0 saturated carbocycles. The maximum atomic E-state index is 4.51. The van der Waals surface area contributed by atoms with E-state index in [2.05, 4.69) is 53.0 Å². The van der Waals surface area contributed by atoms with Crippen molar-refractivity contribution >= 4 is 11.9 Å². The lowest BCUT2D eigenvalue weighted by Crippen LogP contribution is -1.88. The van der Waals surface area contributed by atoms with E-state index in [1.807, 2.05) is 42.7 Å². The maximum Gasteiger partial charge on any atom is 0.0632 e. The Kier molecular flexibility index (Phi) is 3.46. The summed E-state index contributed by atoms with van der Waals surface area (Å²) < 4.78 is 2.09. The zero-order valence-electron chi connectivity index (χ0n) is 11.4. The fourth-order valence-corrected chi connectivity index (χ4v) is 2.11. The Morgan fingerprint density at radius 1 is 0.950 bits per heavy atom. The third kappa shape index (κ3) is 2.86. The van der Waals surface area contributed by atoms with Crippen LogP contribution in [0.5, 0.6) is 0 Å². The SMILES string of the molecule is Cc1cccc(N=Cc2ccn(-c3ccccc3)c2)c1. The number of aliphatic imine (C=N–C) groups is 1. The summed E-state index contributed by atoms with van der Waals surface area (Å²) in [4.78, 5) is 4.51. The summed E-state index contributed by atoms with van der Waals surface area (Å²) in [6.07, 6.45) is 6.02. The van der Waals surface area contributed by atoms with Crippen LogP contribution in [0.4, 0.5) is 5.69 Å². The zero-order valence-corrected chi connectivity index (χ0v) is 11.4. The van der Waals surface area contributed by atoms with Crippen LogP contribution in [0.2, 0.25) is 0 Å². The Hall–Kier alpha value is -2.61. The minimum Gasteiger partial charge on any atom is -0.323 e. The van der Waals surface area contributed by atoms with Crippen molar-refractivity contribution in [3.8, 4) is 5.69 Å². The molecule has 2 aromatic carbocycles. The molecule has 0 radical (unpaired) electrons. The molecular weight excluding hydrogens is 244 g/mol. The second-order valence-electron chi connectivity index (χ2n) is 4.78. The highest BCUT2D eigenvalue weighted by atomic mass is 14.9. The number of rotatable bonds is 3. The Bertz CT molecular complexity index is 724. The molecule has 0 unspecified atom stereocenters. The van der Waals surface area contributed by atoms with Crippen LogP contribution in [-0.2, 0) is 0 Å². The van der Waals surface area contributed by atoms with Gasteiger partial charge in [0.2, 0.25) is 0 Å². The molecule has 0 bridgehead atoms. The molecule has 0 aliphatic heterocycles. The summed E-state index contributed by atoms with van der Waals surface area (Å²) in [5.74, 6) is 0. The first kappa shape index (κ1) is 12.4. The van der Waals surface area contributed by atoms with E-state index in [9.17, 15) is 0 Å². The quantitative estimate of drug-likeness (QED) is 0.615. The van der Waals surface area contributed by atoms with Gasteiger partial charge in [-0.25, -0.2) is 0 Å². The topological polar surface area (TPSA) is 17.3 Å². The minimum absolute atomic E-state index is 0.984. The number of hydrogen-bond acceptors (Lipinski definition) is 1. The number of nitrogens with zero attached hydrogens (tertiary/aromatic N) is 2. The van der Waals surface area contributed by atoms with Crippen molar-refractivity contribution in [2.24, 2.45) is 4.99 Å². The van der Waals surface area contributed by atoms with Crippen LogP contribution < -0.4 is 0 Å². The van der Waals surface area contributed by atoms with E-state index in [0.717, 1.165) is 16.9 Å². The second kappa shape index (κ2) is 5.57. The molecule has 0 amide bonds. The van der Waals surface area contributed by atoms with Gasteiger partial charge in [-0.15, -0.1) is 0 Å². The van der Waals surface area contributed by atoms with Gasteiger partial charge in [0.05, 0.1) is 5.69 Å².